The van der Waals surface area contributed by atoms with Crippen LogP contribution in [0.15, 0.2) is 67.1 Å². The van der Waals surface area contributed by atoms with Crippen molar-refractivity contribution < 1.29 is 0 Å². The first-order valence-electron chi connectivity index (χ1n) is 7.06. The van der Waals surface area contributed by atoms with Gasteiger partial charge in [-0.25, -0.2) is 0 Å². The summed E-state index contributed by atoms with van der Waals surface area (Å²) in [4.78, 5) is 4.01. The van der Waals surface area contributed by atoms with Crippen molar-refractivity contribution in [1.82, 2.24) is 14.8 Å². The molecule has 0 unspecified atom stereocenters. The van der Waals surface area contributed by atoms with Gasteiger partial charge < -0.3 is 5.32 Å². The Bertz CT molecular complexity index is 676. The Morgan fingerprint density at radius 3 is 2.57 bits per heavy atom. The van der Waals surface area contributed by atoms with Crippen molar-refractivity contribution in [2.24, 2.45) is 0 Å². The minimum Gasteiger partial charge on any atom is -0.365 e. The van der Waals surface area contributed by atoms with Crippen LogP contribution in [0.3, 0.4) is 0 Å². The maximum absolute atomic E-state index is 4.59. The molecule has 4 heteroatoms. The number of nitrogens with zero attached hydrogens (tertiary/aromatic N) is 3. The standard InChI is InChI=1S/C17H18N4/c1-14(16-5-3-2-4-6-16)21-12-9-17(20-21)19-13-15-7-10-18-11-8-15/h2-12,14H,13H2,1H3,(H,19,20)/t14-/m1/s1. The van der Waals surface area contributed by atoms with E-state index < -0.39 is 0 Å². The lowest BCUT2D eigenvalue weighted by atomic mass is 10.1. The second kappa shape index (κ2) is 6.22. The Labute approximate surface area is 124 Å². The van der Waals surface area contributed by atoms with E-state index in [1.807, 2.05) is 35.1 Å². The summed E-state index contributed by atoms with van der Waals surface area (Å²) in [6, 6.07) is 16.6. The smallest absolute Gasteiger partial charge is 0.148 e. The summed E-state index contributed by atoms with van der Waals surface area (Å²) in [5.41, 5.74) is 2.44. The molecule has 0 saturated heterocycles. The molecule has 0 bridgehead atoms. The molecule has 4 nitrogen and oxygen atoms in total. The van der Waals surface area contributed by atoms with Crippen LogP contribution in [0.5, 0.6) is 0 Å². The fourth-order valence-electron chi connectivity index (χ4n) is 2.23. The minimum absolute atomic E-state index is 0.225. The molecular weight excluding hydrogens is 260 g/mol. The Morgan fingerprint density at radius 1 is 1.05 bits per heavy atom. The van der Waals surface area contributed by atoms with Gasteiger partial charge in [0.25, 0.3) is 0 Å². The Balaban J connectivity index is 1.66. The van der Waals surface area contributed by atoms with E-state index in [0.29, 0.717) is 0 Å². The first-order valence-corrected chi connectivity index (χ1v) is 7.06. The van der Waals surface area contributed by atoms with Gasteiger partial charge in [0, 0.05) is 31.2 Å². The average molecular weight is 278 g/mol. The maximum atomic E-state index is 4.59. The first-order chi connectivity index (χ1) is 10.3. The molecule has 0 saturated carbocycles. The van der Waals surface area contributed by atoms with E-state index in [2.05, 4.69) is 46.6 Å². The number of aromatic nitrogens is 3. The van der Waals surface area contributed by atoms with Crippen molar-refractivity contribution in [1.29, 1.82) is 0 Å². The number of benzene rings is 1. The highest BCUT2D eigenvalue weighted by atomic mass is 15.3. The molecule has 1 N–H and O–H groups in total. The predicted molar refractivity (Wildman–Crippen MR) is 84.0 cm³/mol. The lowest BCUT2D eigenvalue weighted by molar-refractivity contribution is 0.566. The molecule has 0 radical (unpaired) electrons. The highest BCUT2D eigenvalue weighted by molar-refractivity contribution is 5.34. The number of hydrogen-bond donors (Lipinski definition) is 1. The van der Waals surface area contributed by atoms with Crippen LogP contribution in [0.2, 0.25) is 0 Å². The van der Waals surface area contributed by atoms with E-state index >= 15 is 0 Å². The minimum atomic E-state index is 0.225. The second-order valence-corrected chi connectivity index (χ2v) is 4.98. The zero-order valence-corrected chi connectivity index (χ0v) is 12.0. The van der Waals surface area contributed by atoms with Gasteiger partial charge in [0.15, 0.2) is 0 Å². The lowest BCUT2D eigenvalue weighted by Crippen LogP contribution is -2.08. The van der Waals surface area contributed by atoms with Gasteiger partial charge in [-0.15, -0.1) is 0 Å². The monoisotopic (exact) mass is 278 g/mol. The van der Waals surface area contributed by atoms with Gasteiger partial charge in [0.05, 0.1) is 6.04 Å². The van der Waals surface area contributed by atoms with E-state index in [1.54, 1.807) is 12.4 Å². The largest absolute Gasteiger partial charge is 0.365 e. The number of anilines is 1. The van der Waals surface area contributed by atoms with Gasteiger partial charge in [-0.1, -0.05) is 30.3 Å². The van der Waals surface area contributed by atoms with E-state index in [-0.39, 0.29) is 6.04 Å². The fourth-order valence-corrected chi connectivity index (χ4v) is 2.23. The van der Waals surface area contributed by atoms with Crippen molar-refractivity contribution in [3.05, 3.63) is 78.2 Å². The highest BCUT2D eigenvalue weighted by Crippen LogP contribution is 2.18. The van der Waals surface area contributed by atoms with Gasteiger partial charge in [-0.2, -0.15) is 5.10 Å². The third kappa shape index (κ3) is 3.28. The van der Waals surface area contributed by atoms with Crippen molar-refractivity contribution >= 4 is 5.82 Å². The molecule has 3 aromatic rings. The molecular formula is C17H18N4. The summed E-state index contributed by atoms with van der Waals surface area (Å²) in [7, 11) is 0. The third-order valence-electron chi connectivity index (χ3n) is 3.51. The molecule has 0 aliphatic carbocycles. The third-order valence-corrected chi connectivity index (χ3v) is 3.51. The van der Waals surface area contributed by atoms with Crippen molar-refractivity contribution in [3.8, 4) is 0 Å². The number of hydrogen-bond acceptors (Lipinski definition) is 3. The summed E-state index contributed by atoms with van der Waals surface area (Å²) in [5.74, 6) is 0.884. The van der Waals surface area contributed by atoms with Crippen LogP contribution in [0.1, 0.15) is 24.1 Å². The zero-order chi connectivity index (χ0) is 14.5. The molecule has 0 spiro atoms. The molecule has 3 rings (SSSR count). The maximum Gasteiger partial charge on any atom is 0.148 e. The van der Waals surface area contributed by atoms with Gasteiger partial charge in [-0.3, -0.25) is 9.67 Å². The van der Waals surface area contributed by atoms with E-state index in [4.69, 9.17) is 0 Å². The quantitative estimate of drug-likeness (QED) is 0.776. The van der Waals surface area contributed by atoms with Crippen LogP contribution in [0.4, 0.5) is 5.82 Å². The van der Waals surface area contributed by atoms with Crippen LogP contribution in [-0.2, 0) is 6.54 Å². The SMILES string of the molecule is C[C@H](c1ccccc1)n1ccc(NCc2ccncc2)n1. The summed E-state index contributed by atoms with van der Waals surface area (Å²) in [6.45, 7) is 2.90. The topological polar surface area (TPSA) is 42.7 Å². The molecule has 1 atom stereocenters. The van der Waals surface area contributed by atoms with Gasteiger partial charge in [0.1, 0.15) is 5.82 Å². The first kappa shape index (κ1) is 13.4. The lowest BCUT2D eigenvalue weighted by Gasteiger charge is -2.12. The van der Waals surface area contributed by atoms with Crippen LogP contribution in [0.25, 0.3) is 0 Å². The van der Waals surface area contributed by atoms with Crippen molar-refractivity contribution in [2.75, 3.05) is 5.32 Å². The van der Waals surface area contributed by atoms with E-state index in [0.717, 1.165) is 12.4 Å². The zero-order valence-electron chi connectivity index (χ0n) is 12.0. The molecule has 106 valence electrons. The number of rotatable bonds is 5. The summed E-state index contributed by atoms with van der Waals surface area (Å²) >= 11 is 0. The normalized spacial score (nSPS) is 12.0. The Kier molecular flexibility index (Phi) is 3.96. The van der Waals surface area contributed by atoms with Crippen molar-refractivity contribution in [3.63, 3.8) is 0 Å². The van der Waals surface area contributed by atoms with E-state index in [1.165, 1.54) is 11.1 Å². The van der Waals surface area contributed by atoms with E-state index in [9.17, 15) is 0 Å². The summed E-state index contributed by atoms with van der Waals surface area (Å²) < 4.78 is 1.98. The number of pyridine rings is 1. The molecule has 0 aliphatic rings. The highest BCUT2D eigenvalue weighted by Gasteiger charge is 2.08. The molecule has 0 aliphatic heterocycles. The van der Waals surface area contributed by atoms with Gasteiger partial charge in [-0.05, 0) is 30.2 Å². The predicted octanol–water partition coefficient (Wildman–Crippen LogP) is 3.50. The molecule has 21 heavy (non-hydrogen) atoms. The molecule has 1 aromatic carbocycles. The van der Waals surface area contributed by atoms with Gasteiger partial charge in [0.2, 0.25) is 0 Å². The molecule has 2 heterocycles. The number of nitrogens with one attached hydrogen (secondary N) is 1. The van der Waals surface area contributed by atoms with Crippen LogP contribution in [-0.4, -0.2) is 14.8 Å². The molecule has 0 amide bonds. The molecule has 0 fully saturated rings. The van der Waals surface area contributed by atoms with Crippen LogP contribution < -0.4 is 5.32 Å². The Hall–Kier alpha value is -2.62. The average Bonchev–Trinajstić information content (AvgIpc) is 3.03. The van der Waals surface area contributed by atoms with Crippen molar-refractivity contribution in [2.45, 2.75) is 19.5 Å². The van der Waals surface area contributed by atoms with Crippen LogP contribution >= 0.6 is 0 Å². The summed E-state index contributed by atoms with van der Waals surface area (Å²) in [5, 5.41) is 7.92. The van der Waals surface area contributed by atoms with Gasteiger partial charge >= 0.3 is 0 Å². The molecule has 2 aromatic heterocycles. The van der Waals surface area contributed by atoms with Crippen LogP contribution in [0, 0.1) is 0 Å². The second-order valence-electron chi connectivity index (χ2n) is 4.98. The Morgan fingerprint density at radius 2 is 1.81 bits per heavy atom. The fraction of sp³-hybridized carbons (Fsp3) is 0.176. The summed E-state index contributed by atoms with van der Waals surface area (Å²) in [6.07, 6.45) is 5.60.